The van der Waals surface area contributed by atoms with E-state index in [2.05, 4.69) is 21.9 Å². The molecule has 1 aliphatic rings. The van der Waals surface area contributed by atoms with Crippen molar-refractivity contribution < 1.29 is 18.3 Å². The van der Waals surface area contributed by atoms with E-state index in [9.17, 15) is 13.6 Å². The fourth-order valence-corrected chi connectivity index (χ4v) is 2.55. The lowest BCUT2D eigenvalue weighted by atomic mass is 10.0. The quantitative estimate of drug-likeness (QED) is 0.616. The van der Waals surface area contributed by atoms with Gasteiger partial charge in [-0.05, 0) is 6.42 Å². The number of carbonyl (C=O) groups is 1. The van der Waals surface area contributed by atoms with Gasteiger partial charge in [-0.15, -0.1) is 6.42 Å². The summed E-state index contributed by atoms with van der Waals surface area (Å²) in [4.78, 5) is 12.7. The molecule has 1 amide bonds. The van der Waals surface area contributed by atoms with E-state index in [1.54, 1.807) is 6.08 Å². The van der Waals surface area contributed by atoms with Crippen molar-refractivity contribution in [3.8, 4) is 18.1 Å². The van der Waals surface area contributed by atoms with Gasteiger partial charge in [0.25, 0.3) is 0 Å². The van der Waals surface area contributed by atoms with Crippen LogP contribution in [0.5, 0.6) is 5.75 Å². The Morgan fingerprint density at radius 3 is 2.67 bits per heavy atom. The summed E-state index contributed by atoms with van der Waals surface area (Å²) < 4.78 is 33.3. The van der Waals surface area contributed by atoms with E-state index in [0.717, 1.165) is 12.1 Å². The molecule has 1 aliphatic heterocycles. The maximum atomic E-state index is 14.2. The van der Waals surface area contributed by atoms with E-state index < -0.39 is 11.6 Å². The van der Waals surface area contributed by atoms with Gasteiger partial charge < -0.3 is 9.64 Å². The first kappa shape index (κ1) is 15.5. The predicted octanol–water partition coefficient (Wildman–Crippen LogP) is 2.94. The summed E-state index contributed by atoms with van der Waals surface area (Å²) in [7, 11) is 1.48. The average molecular weight is 356 g/mol. The van der Waals surface area contributed by atoms with Crippen molar-refractivity contribution in [2.24, 2.45) is 0 Å². The zero-order valence-corrected chi connectivity index (χ0v) is 12.8. The second-order valence-electron chi connectivity index (χ2n) is 4.44. The molecule has 21 heavy (non-hydrogen) atoms. The highest BCUT2D eigenvalue weighted by molar-refractivity contribution is 9.10. The number of nitrogens with zero attached hydrogens (tertiary/aromatic N) is 1. The molecule has 0 bridgehead atoms. The number of ether oxygens (including phenoxy) is 1. The highest BCUT2D eigenvalue weighted by atomic mass is 79.9. The minimum absolute atomic E-state index is 0.00968. The van der Waals surface area contributed by atoms with Crippen LogP contribution >= 0.6 is 15.9 Å². The average Bonchev–Trinajstić information content (AvgIpc) is 2.44. The summed E-state index contributed by atoms with van der Waals surface area (Å²) in [6.45, 7) is -0.0788. The zero-order chi connectivity index (χ0) is 15.6. The normalized spacial score (nSPS) is 18.2. The van der Waals surface area contributed by atoms with E-state index >= 15 is 0 Å². The van der Waals surface area contributed by atoms with Gasteiger partial charge in [-0.1, -0.05) is 27.9 Å². The lowest BCUT2D eigenvalue weighted by Gasteiger charge is -2.28. The van der Waals surface area contributed by atoms with Gasteiger partial charge in [0.2, 0.25) is 5.91 Å². The van der Waals surface area contributed by atoms with Crippen molar-refractivity contribution in [1.82, 2.24) is 4.90 Å². The highest BCUT2D eigenvalue weighted by Crippen LogP contribution is 2.32. The van der Waals surface area contributed by atoms with Crippen LogP contribution in [-0.4, -0.2) is 29.3 Å². The first-order chi connectivity index (χ1) is 9.95. The van der Waals surface area contributed by atoms with Gasteiger partial charge in [-0.3, -0.25) is 4.79 Å². The third kappa shape index (κ3) is 3.08. The van der Waals surface area contributed by atoms with Crippen molar-refractivity contribution in [3.05, 3.63) is 35.4 Å². The number of alkyl halides is 1. The smallest absolute Gasteiger partial charge is 0.240 e. The van der Waals surface area contributed by atoms with Crippen molar-refractivity contribution >= 4 is 27.5 Å². The minimum atomic E-state index is -0.805. The van der Waals surface area contributed by atoms with E-state index in [-0.39, 0.29) is 34.4 Å². The van der Waals surface area contributed by atoms with Crippen molar-refractivity contribution in [2.45, 2.75) is 11.2 Å². The van der Waals surface area contributed by atoms with E-state index in [0.29, 0.717) is 6.42 Å². The first-order valence-corrected chi connectivity index (χ1v) is 7.04. The summed E-state index contributed by atoms with van der Waals surface area (Å²) >= 11 is 3.21. The monoisotopic (exact) mass is 355 g/mol. The number of benzene rings is 1. The van der Waals surface area contributed by atoms with Crippen molar-refractivity contribution in [3.63, 3.8) is 0 Å². The third-order valence-electron chi connectivity index (χ3n) is 3.07. The summed E-state index contributed by atoms with van der Waals surface area (Å²) in [5.74, 6) is 0.364. The minimum Gasteiger partial charge on any atom is -0.481 e. The SMILES string of the molecule is C#CCOc1cc(F)c(C2=CCC(Br)C(=O)N2C)c(F)c1. The highest BCUT2D eigenvalue weighted by Gasteiger charge is 2.29. The van der Waals surface area contributed by atoms with Crippen molar-refractivity contribution in [1.29, 1.82) is 0 Å². The second-order valence-corrected chi connectivity index (χ2v) is 5.55. The van der Waals surface area contributed by atoms with Crippen LogP contribution in [0.3, 0.4) is 0 Å². The molecular weight excluding hydrogens is 344 g/mol. The predicted molar refractivity (Wildman–Crippen MR) is 78.8 cm³/mol. The van der Waals surface area contributed by atoms with Gasteiger partial charge in [0.15, 0.2) is 0 Å². The maximum absolute atomic E-state index is 14.2. The molecule has 0 aromatic heterocycles. The molecule has 1 aromatic rings. The number of halogens is 3. The summed E-state index contributed by atoms with van der Waals surface area (Å²) in [6, 6.07) is 2.10. The Bertz CT molecular complexity index is 629. The van der Waals surface area contributed by atoms with Crippen LogP contribution in [0.2, 0.25) is 0 Å². The molecule has 6 heteroatoms. The van der Waals surface area contributed by atoms with E-state index in [1.807, 2.05) is 0 Å². The Balaban J connectivity index is 2.41. The van der Waals surface area contributed by atoms with Crippen LogP contribution in [-0.2, 0) is 4.79 Å². The number of hydrogen-bond donors (Lipinski definition) is 0. The molecule has 1 aromatic carbocycles. The molecule has 0 aliphatic carbocycles. The molecule has 0 saturated carbocycles. The largest absolute Gasteiger partial charge is 0.481 e. The maximum Gasteiger partial charge on any atom is 0.240 e. The van der Waals surface area contributed by atoms with Gasteiger partial charge >= 0.3 is 0 Å². The van der Waals surface area contributed by atoms with Gasteiger partial charge in [0.1, 0.15) is 24.0 Å². The summed E-state index contributed by atoms with van der Waals surface area (Å²) in [6.07, 6.45) is 7.01. The van der Waals surface area contributed by atoms with Crippen LogP contribution in [0.4, 0.5) is 8.78 Å². The fourth-order valence-electron chi connectivity index (χ4n) is 2.05. The third-order valence-corrected chi connectivity index (χ3v) is 3.84. The fraction of sp³-hybridized carbons (Fsp3) is 0.267. The molecule has 0 N–H and O–H groups in total. The van der Waals surface area contributed by atoms with Crippen LogP contribution < -0.4 is 4.74 Å². The van der Waals surface area contributed by atoms with Crippen LogP contribution in [0.15, 0.2) is 18.2 Å². The van der Waals surface area contributed by atoms with Gasteiger partial charge in [0.05, 0.1) is 16.1 Å². The van der Waals surface area contributed by atoms with Gasteiger partial charge in [0, 0.05) is 19.2 Å². The number of rotatable bonds is 3. The van der Waals surface area contributed by atoms with E-state index in [4.69, 9.17) is 11.2 Å². The Morgan fingerprint density at radius 1 is 1.48 bits per heavy atom. The summed E-state index contributed by atoms with van der Waals surface area (Å²) in [5, 5.41) is 0. The second kappa shape index (κ2) is 6.27. The molecule has 1 unspecified atom stereocenters. The molecule has 0 fully saturated rings. The van der Waals surface area contributed by atoms with Crippen LogP contribution in [0, 0.1) is 24.0 Å². The standard InChI is InChI=1S/C15H12BrF2NO2/c1-3-6-21-9-7-11(17)14(12(18)8-9)13-5-4-10(16)15(20)19(13)2/h1,5,7-8,10H,4,6H2,2H3. The Morgan fingerprint density at radius 2 is 2.10 bits per heavy atom. The molecular formula is C15H12BrF2NO2. The molecule has 0 saturated heterocycles. The van der Waals surface area contributed by atoms with Crippen molar-refractivity contribution in [2.75, 3.05) is 13.7 Å². The number of carbonyl (C=O) groups excluding carboxylic acids is 1. The Hall–Kier alpha value is -1.87. The topological polar surface area (TPSA) is 29.5 Å². The van der Waals surface area contributed by atoms with Crippen LogP contribution in [0.25, 0.3) is 5.70 Å². The van der Waals surface area contributed by atoms with E-state index in [1.165, 1.54) is 11.9 Å². The molecule has 3 nitrogen and oxygen atoms in total. The molecule has 1 heterocycles. The molecule has 2 rings (SSSR count). The lowest BCUT2D eigenvalue weighted by Crippen LogP contribution is -2.35. The zero-order valence-electron chi connectivity index (χ0n) is 11.2. The lowest BCUT2D eigenvalue weighted by molar-refractivity contribution is -0.126. The molecule has 110 valence electrons. The summed E-state index contributed by atoms with van der Waals surface area (Å²) in [5.41, 5.74) is -0.0486. The molecule has 0 spiro atoms. The number of amides is 1. The first-order valence-electron chi connectivity index (χ1n) is 6.13. The molecule has 0 radical (unpaired) electrons. The number of hydrogen-bond acceptors (Lipinski definition) is 2. The number of allylic oxidation sites excluding steroid dienone is 1. The van der Waals surface area contributed by atoms with Crippen LogP contribution in [0.1, 0.15) is 12.0 Å². The number of terminal acetylenes is 1. The van der Waals surface area contributed by atoms with Gasteiger partial charge in [-0.2, -0.15) is 0 Å². The Kier molecular flexibility index (Phi) is 4.63. The Labute approximate surface area is 129 Å². The molecule has 1 atom stereocenters. The van der Waals surface area contributed by atoms with Gasteiger partial charge in [-0.25, -0.2) is 8.78 Å².